The Hall–Kier alpha value is -2.55. The van der Waals surface area contributed by atoms with Crippen LogP contribution in [-0.4, -0.2) is 16.7 Å². The fraction of sp³-hybridized carbons (Fsp3) is 0.526. The number of anilines is 1. The number of hydrogen-bond donors (Lipinski definition) is 4. The quantitative estimate of drug-likeness (QED) is 0.292. The van der Waals surface area contributed by atoms with E-state index in [1.54, 1.807) is 12.1 Å². The normalized spacial score (nSPS) is 33.1. The molecule has 6 nitrogen and oxygen atoms in total. The van der Waals surface area contributed by atoms with Crippen molar-refractivity contribution in [2.75, 3.05) is 5.43 Å². The van der Waals surface area contributed by atoms with E-state index in [-0.39, 0.29) is 16.9 Å². The molecular formula is C19H23N5O. The van der Waals surface area contributed by atoms with Gasteiger partial charge in [0.15, 0.2) is 5.84 Å². The molecule has 0 radical (unpaired) electrons. The van der Waals surface area contributed by atoms with E-state index in [9.17, 15) is 5.11 Å². The van der Waals surface area contributed by atoms with E-state index in [2.05, 4.69) is 10.5 Å². The van der Waals surface area contributed by atoms with Crippen molar-refractivity contribution in [3.05, 3.63) is 23.8 Å². The highest BCUT2D eigenvalue weighted by Gasteiger charge is 2.51. The van der Waals surface area contributed by atoms with Crippen LogP contribution >= 0.6 is 0 Å². The summed E-state index contributed by atoms with van der Waals surface area (Å²) in [6.07, 6.45) is 7.88. The van der Waals surface area contributed by atoms with Crippen LogP contribution in [0.5, 0.6) is 5.75 Å². The van der Waals surface area contributed by atoms with Crippen molar-refractivity contribution in [1.82, 2.24) is 0 Å². The molecule has 5 rings (SSSR count). The predicted molar refractivity (Wildman–Crippen MR) is 96.5 cm³/mol. The molecule has 0 aromatic heterocycles. The molecule has 1 aromatic carbocycles. The maximum Gasteiger partial charge on any atom is 0.201 e. The van der Waals surface area contributed by atoms with Gasteiger partial charge in [0.2, 0.25) is 5.71 Å². The van der Waals surface area contributed by atoms with Gasteiger partial charge in [-0.1, -0.05) is 6.07 Å². The number of nitrogens with two attached hydrogens (primary N) is 1. The zero-order valence-electron chi connectivity index (χ0n) is 14.1. The number of phenols is 1. The molecule has 0 atom stereocenters. The molecule has 0 spiro atoms. The van der Waals surface area contributed by atoms with E-state index in [1.165, 1.54) is 44.1 Å². The minimum Gasteiger partial charge on any atom is -0.506 e. The van der Waals surface area contributed by atoms with Gasteiger partial charge in [-0.15, -0.1) is 0 Å². The van der Waals surface area contributed by atoms with Crippen molar-refractivity contribution in [3.63, 3.8) is 0 Å². The molecular weight excluding hydrogens is 314 g/mol. The molecule has 4 bridgehead atoms. The molecule has 130 valence electrons. The summed E-state index contributed by atoms with van der Waals surface area (Å²) in [5, 5.41) is 30.3. The number of hydrazone groups is 1. The summed E-state index contributed by atoms with van der Waals surface area (Å²) < 4.78 is 0. The number of hydrogen-bond acceptors (Lipinski definition) is 5. The first-order chi connectivity index (χ1) is 12.0. The number of aromatic hydroxyl groups is 1. The molecule has 0 heterocycles. The number of amidine groups is 1. The Labute approximate surface area is 147 Å². The molecule has 4 fully saturated rings. The summed E-state index contributed by atoms with van der Waals surface area (Å²) >= 11 is 0. The summed E-state index contributed by atoms with van der Waals surface area (Å²) in [5.41, 5.74) is 9.76. The lowest BCUT2D eigenvalue weighted by atomic mass is 9.48. The zero-order valence-corrected chi connectivity index (χ0v) is 14.1. The first-order valence-corrected chi connectivity index (χ1v) is 8.91. The van der Waals surface area contributed by atoms with E-state index < -0.39 is 5.84 Å². The number of rotatable bonds is 4. The third-order valence-electron chi connectivity index (χ3n) is 6.30. The van der Waals surface area contributed by atoms with Gasteiger partial charge in [0, 0.05) is 0 Å². The van der Waals surface area contributed by atoms with E-state index in [0.29, 0.717) is 5.69 Å². The molecule has 25 heavy (non-hydrogen) atoms. The molecule has 1 aromatic rings. The predicted octanol–water partition coefficient (Wildman–Crippen LogP) is 3.09. The van der Waals surface area contributed by atoms with Crippen molar-refractivity contribution in [3.8, 4) is 11.8 Å². The fourth-order valence-electron chi connectivity index (χ4n) is 5.68. The highest BCUT2D eigenvalue weighted by atomic mass is 16.3. The van der Waals surface area contributed by atoms with Crippen molar-refractivity contribution < 1.29 is 5.11 Å². The van der Waals surface area contributed by atoms with Gasteiger partial charge in [0.25, 0.3) is 0 Å². The molecule has 4 saturated carbocycles. The van der Waals surface area contributed by atoms with E-state index in [0.717, 1.165) is 17.8 Å². The standard InChI is InChI=1S/C19H23N5O/c20-10-16(18(21)22)24-23-15-6-14(1-2-17(15)25)19-7-11-3-12(8-19)5-13(4-11)9-19/h1-2,6,11-13,23,25H,3-5,7-9H2,(H3,21,22)/b24-16+. The van der Waals surface area contributed by atoms with Crippen LogP contribution < -0.4 is 11.2 Å². The lowest BCUT2D eigenvalue weighted by Gasteiger charge is -2.57. The highest BCUT2D eigenvalue weighted by molar-refractivity contribution is 6.45. The maximum absolute atomic E-state index is 10.1. The van der Waals surface area contributed by atoms with Gasteiger partial charge < -0.3 is 10.8 Å². The smallest absolute Gasteiger partial charge is 0.201 e. The van der Waals surface area contributed by atoms with Crippen LogP contribution in [-0.2, 0) is 5.41 Å². The summed E-state index contributed by atoms with van der Waals surface area (Å²) in [5.74, 6) is 2.22. The first-order valence-electron chi connectivity index (χ1n) is 8.91. The van der Waals surface area contributed by atoms with Crippen molar-refractivity contribution in [2.24, 2.45) is 28.6 Å². The Morgan fingerprint density at radius 3 is 2.36 bits per heavy atom. The maximum atomic E-state index is 10.1. The average molecular weight is 337 g/mol. The van der Waals surface area contributed by atoms with E-state index in [1.807, 2.05) is 12.1 Å². The van der Waals surface area contributed by atoms with Gasteiger partial charge in [0.05, 0.1) is 5.69 Å². The largest absolute Gasteiger partial charge is 0.506 e. The summed E-state index contributed by atoms with van der Waals surface area (Å²) in [4.78, 5) is 0. The van der Waals surface area contributed by atoms with Gasteiger partial charge in [-0.3, -0.25) is 10.8 Å². The Bertz CT molecular complexity index is 756. The molecule has 0 amide bonds. The second kappa shape index (κ2) is 5.76. The lowest BCUT2D eigenvalue weighted by Crippen LogP contribution is -2.48. The van der Waals surface area contributed by atoms with Crippen molar-refractivity contribution >= 4 is 17.2 Å². The summed E-state index contributed by atoms with van der Waals surface area (Å²) in [6, 6.07) is 7.47. The number of nitrogens with one attached hydrogen (secondary N) is 2. The second-order valence-corrected chi connectivity index (χ2v) is 8.03. The summed E-state index contributed by atoms with van der Waals surface area (Å²) in [7, 11) is 0. The minimum absolute atomic E-state index is 0.0815. The second-order valence-electron chi connectivity index (χ2n) is 8.03. The lowest BCUT2D eigenvalue weighted by molar-refractivity contribution is -0.00517. The van der Waals surface area contributed by atoms with Crippen LogP contribution in [0.15, 0.2) is 23.3 Å². The van der Waals surface area contributed by atoms with Gasteiger partial charge in [-0.2, -0.15) is 10.4 Å². The molecule has 0 unspecified atom stereocenters. The molecule has 0 aliphatic heterocycles. The highest BCUT2D eigenvalue weighted by Crippen LogP contribution is 2.61. The van der Waals surface area contributed by atoms with Gasteiger partial charge in [-0.25, -0.2) is 0 Å². The van der Waals surface area contributed by atoms with Crippen LogP contribution in [0.2, 0.25) is 0 Å². The minimum atomic E-state index is -0.397. The first kappa shape index (κ1) is 15.9. The van der Waals surface area contributed by atoms with Crippen LogP contribution in [0.3, 0.4) is 0 Å². The van der Waals surface area contributed by atoms with Crippen LogP contribution in [0.4, 0.5) is 5.69 Å². The number of benzene rings is 1. The molecule has 0 saturated heterocycles. The zero-order chi connectivity index (χ0) is 17.6. The van der Waals surface area contributed by atoms with E-state index in [4.69, 9.17) is 16.4 Å². The van der Waals surface area contributed by atoms with Crippen molar-refractivity contribution in [2.45, 2.75) is 43.9 Å². The summed E-state index contributed by atoms with van der Waals surface area (Å²) in [6.45, 7) is 0. The van der Waals surface area contributed by atoms with Crippen LogP contribution in [0.25, 0.3) is 0 Å². The Kier molecular flexibility index (Phi) is 3.68. The molecule has 5 N–H and O–H groups in total. The molecule has 4 aliphatic carbocycles. The number of nitriles is 1. The van der Waals surface area contributed by atoms with Gasteiger partial charge in [-0.05, 0) is 79.4 Å². The van der Waals surface area contributed by atoms with Crippen LogP contribution in [0.1, 0.15) is 44.1 Å². The number of phenolic OH excluding ortho intramolecular Hbond substituents is 1. The third-order valence-corrected chi connectivity index (χ3v) is 6.30. The fourth-order valence-corrected chi connectivity index (χ4v) is 5.68. The van der Waals surface area contributed by atoms with Crippen LogP contribution in [0, 0.1) is 34.5 Å². The Morgan fingerprint density at radius 2 is 1.84 bits per heavy atom. The van der Waals surface area contributed by atoms with Crippen molar-refractivity contribution in [1.29, 1.82) is 10.7 Å². The monoisotopic (exact) mass is 337 g/mol. The Morgan fingerprint density at radius 1 is 1.24 bits per heavy atom. The third kappa shape index (κ3) is 2.74. The van der Waals surface area contributed by atoms with E-state index >= 15 is 0 Å². The SMILES string of the molecule is N#C/C(=N\Nc1cc(C23CC4CC(CC(C4)C2)C3)ccc1O)C(=N)N. The van der Waals surface area contributed by atoms with Gasteiger partial charge >= 0.3 is 0 Å². The molecule has 4 aliphatic rings. The Balaban J connectivity index is 1.64. The molecule has 6 heteroatoms. The average Bonchev–Trinajstić information content (AvgIpc) is 2.55. The van der Waals surface area contributed by atoms with Gasteiger partial charge in [0.1, 0.15) is 11.8 Å². The topological polar surface area (TPSA) is 118 Å². The number of nitrogens with zero attached hydrogens (tertiary/aromatic N) is 2.